The van der Waals surface area contributed by atoms with E-state index in [0.717, 1.165) is 0 Å². The van der Waals surface area contributed by atoms with E-state index in [1.54, 1.807) is 31.2 Å². The van der Waals surface area contributed by atoms with Gasteiger partial charge in [-0.05, 0) is 24.1 Å². The summed E-state index contributed by atoms with van der Waals surface area (Å²) in [6.07, 6.45) is 0.325. The molecule has 9 heteroatoms. The molecule has 9 nitrogen and oxygen atoms in total. The highest BCUT2D eigenvalue weighted by atomic mass is 16.6. The Kier molecular flexibility index (Phi) is 4.94. The molecule has 0 saturated carbocycles. The Labute approximate surface area is 172 Å². The van der Waals surface area contributed by atoms with E-state index in [9.17, 15) is 14.4 Å². The molecule has 2 N–H and O–H groups in total. The lowest BCUT2D eigenvalue weighted by Crippen LogP contribution is -2.48. The Hall–Kier alpha value is -3.75. The maximum Gasteiger partial charge on any atom is 0.344 e. The molecule has 30 heavy (non-hydrogen) atoms. The summed E-state index contributed by atoms with van der Waals surface area (Å²) in [5.74, 6) is -0.131. The third kappa shape index (κ3) is 3.08. The molecule has 2 aliphatic rings. The SMILES string of the molecule is CC[C@@]1(c2ccccc2)NC(=O)N(NC(=O)c2cc(OC)c3c(c2)OCCO3)C1=O. The quantitative estimate of drug-likeness (QED) is 0.729. The smallest absolute Gasteiger partial charge is 0.344 e. The summed E-state index contributed by atoms with van der Waals surface area (Å²) in [4.78, 5) is 38.6. The Morgan fingerprint density at radius 2 is 1.93 bits per heavy atom. The first-order chi connectivity index (χ1) is 14.5. The van der Waals surface area contributed by atoms with Gasteiger partial charge in [-0.2, -0.15) is 5.01 Å². The van der Waals surface area contributed by atoms with Gasteiger partial charge in [0.05, 0.1) is 7.11 Å². The van der Waals surface area contributed by atoms with E-state index in [1.165, 1.54) is 19.2 Å². The molecule has 4 amide bonds. The lowest BCUT2D eigenvalue weighted by molar-refractivity contribution is -0.133. The molecule has 0 aromatic heterocycles. The van der Waals surface area contributed by atoms with Crippen LogP contribution in [0.15, 0.2) is 42.5 Å². The molecule has 0 unspecified atom stereocenters. The number of ether oxygens (including phenoxy) is 3. The molecule has 1 atom stereocenters. The fourth-order valence-corrected chi connectivity index (χ4v) is 3.61. The second-order valence-corrected chi connectivity index (χ2v) is 6.84. The number of benzene rings is 2. The van der Waals surface area contributed by atoms with Crippen LogP contribution in [0.2, 0.25) is 0 Å². The van der Waals surface area contributed by atoms with Gasteiger partial charge in [0, 0.05) is 5.56 Å². The van der Waals surface area contributed by atoms with Gasteiger partial charge < -0.3 is 19.5 Å². The normalized spacial score (nSPS) is 20.0. The number of imide groups is 1. The number of nitrogens with one attached hydrogen (secondary N) is 2. The van der Waals surface area contributed by atoms with Crippen LogP contribution < -0.4 is 25.0 Å². The minimum absolute atomic E-state index is 0.158. The van der Waals surface area contributed by atoms with Crippen LogP contribution >= 0.6 is 0 Å². The van der Waals surface area contributed by atoms with Crippen LogP contribution in [0.5, 0.6) is 17.2 Å². The Morgan fingerprint density at radius 1 is 1.20 bits per heavy atom. The van der Waals surface area contributed by atoms with Crippen molar-refractivity contribution in [3.63, 3.8) is 0 Å². The van der Waals surface area contributed by atoms with Crippen molar-refractivity contribution in [1.82, 2.24) is 15.8 Å². The number of carbonyl (C=O) groups excluding carboxylic acids is 3. The standard InChI is InChI=1S/C21H21N3O6/c1-3-21(14-7-5-4-6-8-14)19(26)24(20(27)22-21)23-18(25)13-11-15(28-2)17-16(12-13)29-9-10-30-17/h4-8,11-12H,3,9-10H2,1-2H3,(H,22,27)(H,23,25)/t21-/m0/s1. The maximum atomic E-state index is 13.2. The molecule has 2 aromatic rings. The second-order valence-electron chi connectivity index (χ2n) is 6.84. The van der Waals surface area contributed by atoms with E-state index >= 15 is 0 Å². The van der Waals surface area contributed by atoms with Crippen LogP contribution in [0.4, 0.5) is 4.79 Å². The summed E-state index contributed by atoms with van der Waals surface area (Å²) in [5, 5.41) is 3.43. The topological polar surface area (TPSA) is 106 Å². The summed E-state index contributed by atoms with van der Waals surface area (Å²) in [6, 6.07) is 11.2. The summed E-state index contributed by atoms with van der Waals surface area (Å²) in [5.41, 5.74) is 1.95. The van der Waals surface area contributed by atoms with E-state index in [-0.39, 0.29) is 5.56 Å². The lowest BCUT2D eigenvalue weighted by atomic mass is 9.87. The number of fused-ring (bicyclic) bond motifs is 1. The maximum absolute atomic E-state index is 13.2. The number of hydrogen-bond donors (Lipinski definition) is 2. The van der Waals surface area contributed by atoms with Crippen LogP contribution in [0, 0.1) is 0 Å². The van der Waals surface area contributed by atoms with Crippen LogP contribution in [-0.2, 0) is 10.3 Å². The van der Waals surface area contributed by atoms with Crippen molar-refractivity contribution >= 4 is 17.8 Å². The highest BCUT2D eigenvalue weighted by Gasteiger charge is 2.52. The summed E-state index contributed by atoms with van der Waals surface area (Å²) in [7, 11) is 1.45. The second kappa shape index (κ2) is 7.58. The molecule has 2 aromatic carbocycles. The highest BCUT2D eigenvalue weighted by Crippen LogP contribution is 2.40. The fraction of sp³-hybridized carbons (Fsp3) is 0.286. The zero-order valence-electron chi connectivity index (χ0n) is 16.6. The Balaban J connectivity index is 1.61. The van der Waals surface area contributed by atoms with Crippen LogP contribution in [-0.4, -0.2) is 43.2 Å². The molecule has 0 spiro atoms. The third-order valence-corrected chi connectivity index (χ3v) is 5.19. The number of urea groups is 1. The van der Waals surface area contributed by atoms with E-state index in [1.807, 2.05) is 6.07 Å². The van der Waals surface area contributed by atoms with Gasteiger partial charge in [-0.3, -0.25) is 15.0 Å². The van der Waals surface area contributed by atoms with E-state index in [2.05, 4.69) is 10.7 Å². The van der Waals surface area contributed by atoms with Gasteiger partial charge in [-0.1, -0.05) is 37.3 Å². The number of carbonyl (C=O) groups is 3. The molecule has 156 valence electrons. The first kappa shape index (κ1) is 19.6. The average molecular weight is 411 g/mol. The largest absolute Gasteiger partial charge is 0.493 e. The van der Waals surface area contributed by atoms with Gasteiger partial charge in [0.15, 0.2) is 11.5 Å². The van der Waals surface area contributed by atoms with Gasteiger partial charge in [-0.25, -0.2) is 4.79 Å². The minimum Gasteiger partial charge on any atom is -0.493 e. The number of amides is 4. The monoisotopic (exact) mass is 411 g/mol. The van der Waals surface area contributed by atoms with Crippen molar-refractivity contribution in [3.05, 3.63) is 53.6 Å². The van der Waals surface area contributed by atoms with Crippen molar-refractivity contribution in [2.75, 3.05) is 20.3 Å². The first-order valence-corrected chi connectivity index (χ1v) is 9.51. The van der Waals surface area contributed by atoms with Gasteiger partial charge in [-0.15, -0.1) is 0 Å². The molecule has 4 rings (SSSR count). The molecule has 0 radical (unpaired) electrons. The summed E-state index contributed by atoms with van der Waals surface area (Å²) in [6.45, 7) is 2.50. The van der Waals surface area contributed by atoms with Crippen molar-refractivity contribution in [2.24, 2.45) is 0 Å². The van der Waals surface area contributed by atoms with E-state index < -0.39 is 23.4 Å². The molecular formula is C21H21N3O6. The zero-order valence-corrected chi connectivity index (χ0v) is 16.6. The molecular weight excluding hydrogens is 390 g/mol. The van der Waals surface area contributed by atoms with E-state index in [0.29, 0.717) is 47.5 Å². The number of nitrogens with zero attached hydrogens (tertiary/aromatic N) is 1. The number of methoxy groups -OCH3 is 1. The summed E-state index contributed by atoms with van der Waals surface area (Å²) >= 11 is 0. The predicted octanol–water partition coefficient (Wildman–Crippen LogP) is 1.97. The molecule has 2 aliphatic heterocycles. The third-order valence-electron chi connectivity index (χ3n) is 5.19. The van der Waals surface area contributed by atoms with Gasteiger partial charge in [0.2, 0.25) is 5.75 Å². The van der Waals surface area contributed by atoms with Crippen LogP contribution in [0.25, 0.3) is 0 Å². The van der Waals surface area contributed by atoms with Gasteiger partial charge >= 0.3 is 6.03 Å². The van der Waals surface area contributed by atoms with Gasteiger partial charge in [0.25, 0.3) is 11.8 Å². The average Bonchev–Trinajstić information content (AvgIpc) is 3.03. The molecule has 1 saturated heterocycles. The Morgan fingerprint density at radius 3 is 2.63 bits per heavy atom. The molecule has 0 bridgehead atoms. The van der Waals surface area contributed by atoms with Crippen molar-refractivity contribution in [3.8, 4) is 17.2 Å². The number of hydrogen-bond acceptors (Lipinski definition) is 6. The molecule has 0 aliphatic carbocycles. The fourth-order valence-electron chi connectivity index (χ4n) is 3.61. The van der Waals surface area contributed by atoms with Crippen molar-refractivity contribution < 1.29 is 28.6 Å². The molecule has 1 fully saturated rings. The number of hydrazine groups is 1. The van der Waals surface area contributed by atoms with Crippen LogP contribution in [0.1, 0.15) is 29.3 Å². The number of rotatable bonds is 5. The highest BCUT2D eigenvalue weighted by molar-refractivity contribution is 6.09. The minimum atomic E-state index is -1.24. The Bertz CT molecular complexity index is 992. The van der Waals surface area contributed by atoms with E-state index in [4.69, 9.17) is 14.2 Å². The molecule has 2 heterocycles. The summed E-state index contributed by atoms with van der Waals surface area (Å²) < 4.78 is 16.3. The first-order valence-electron chi connectivity index (χ1n) is 9.51. The van der Waals surface area contributed by atoms with Crippen molar-refractivity contribution in [2.45, 2.75) is 18.9 Å². The van der Waals surface area contributed by atoms with Crippen molar-refractivity contribution in [1.29, 1.82) is 0 Å². The van der Waals surface area contributed by atoms with Gasteiger partial charge in [0.1, 0.15) is 18.8 Å². The lowest BCUT2D eigenvalue weighted by Gasteiger charge is -2.25. The zero-order chi connectivity index (χ0) is 21.3. The predicted molar refractivity (Wildman–Crippen MR) is 105 cm³/mol. The van der Waals surface area contributed by atoms with Crippen LogP contribution in [0.3, 0.4) is 0 Å².